The number of methoxy groups -OCH3 is 2. The van der Waals surface area contributed by atoms with Crippen molar-refractivity contribution >= 4 is 17.0 Å². The third-order valence-electron chi connectivity index (χ3n) is 3.81. The highest BCUT2D eigenvalue weighted by molar-refractivity contribution is 5.86. The summed E-state index contributed by atoms with van der Waals surface area (Å²) in [7, 11) is 2.99. The number of benzene rings is 2. The molecule has 3 aromatic rings. The van der Waals surface area contributed by atoms with Gasteiger partial charge in [0.05, 0.1) is 20.3 Å². The Morgan fingerprint density at radius 2 is 1.91 bits per heavy atom. The Hall–Kier alpha value is -2.95. The zero-order chi connectivity index (χ0) is 16.2. The lowest BCUT2D eigenvalue weighted by atomic mass is 9.98. The van der Waals surface area contributed by atoms with Gasteiger partial charge in [-0.1, -0.05) is 30.3 Å². The number of H-pyrrole nitrogens is 1. The van der Waals surface area contributed by atoms with Crippen LogP contribution in [0.15, 0.2) is 54.7 Å². The molecule has 5 nitrogen and oxygen atoms in total. The summed E-state index contributed by atoms with van der Waals surface area (Å²) < 4.78 is 10.1. The van der Waals surface area contributed by atoms with Crippen LogP contribution in [0.25, 0.3) is 10.9 Å². The average molecular weight is 310 g/mol. The summed E-state index contributed by atoms with van der Waals surface area (Å²) in [6.45, 7) is 0. The molecule has 0 aliphatic heterocycles. The Labute approximate surface area is 134 Å². The summed E-state index contributed by atoms with van der Waals surface area (Å²) in [6.07, 6.45) is 1.42. The number of hydrogen-bond acceptors (Lipinski definition) is 3. The lowest BCUT2D eigenvalue weighted by molar-refractivity contribution is 0.168. The molecule has 23 heavy (non-hydrogen) atoms. The number of amides is 1. The summed E-state index contributed by atoms with van der Waals surface area (Å²) in [4.78, 5) is 15.0. The summed E-state index contributed by atoms with van der Waals surface area (Å²) in [5.74, 6) is 0.767. The monoisotopic (exact) mass is 310 g/mol. The molecule has 0 aliphatic rings. The van der Waals surface area contributed by atoms with E-state index in [-0.39, 0.29) is 6.04 Å². The summed E-state index contributed by atoms with van der Waals surface area (Å²) in [6, 6.07) is 15.3. The fraction of sp³-hybridized carbons (Fsp3) is 0.167. The standard InChI is InChI=1S/C18H18N2O3/c1-22-13-8-9-16-14(10-13)15(11-19-16)17(20-18(21)23-2)12-6-4-3-5-7-12/h3-11,17,19H,1-2H3,(H,20,21). The van der Waals surface area contributed by atoms with Crippen LogP contribution in [0.5, 0.6) is 5.75 Å². The third-order valence-corrected chi connectivity index (χ3v) is 3.81. The van der Waals surface area contributed by atoms with Crippen molar-refractivity contribution in [1.29, 1.82) is 0 Å². The highest BCUT2D eigenvalue weighted by Gasteiger charge is 2.20. The van der Waals surface area contributed by atoms with Gasteiger partial charge in [-0.15, -0.1) is 0 Å². The van der Waals surface area contributed by atoms with Gasteiger partial charge in [0.15, 0.2) is 0 Å². The van der Waals surface area contributed by atoms with Crippen molar-refractivity contribution in [2.45, 2.75) is 6.04 Å². The largest absolute Gasteiger partial charge is 0.497 e. The summed E-state index contributed by atoms with van der Waals surface area (Å²) in [5, 5.41) is 3.89. The van der Waals surface area contributed by atoms with Crippen molar-refractivity contribution in [1.82, 2.24) is 10.3 Å². The minimum absolute atomic E-state index is 0.315. The zero-order valence-electron chi connectivity index (χ0n) is 13.0. The second kappa shape index (κ2) is 6.44. The van der Waals surface area contributed by atoms with Crippen LogP contribution in [0, 0.1) is 0 Å². The first kappa shape index (κ1) is 15.0. The van der Waals surface area contributed by atoms with Crippen molar-refractivity contribution in [3.05, 3.63) is 65.9 Å². The van der Waals surface area contributed by atoms with E-state index in [0.717, 1.165) is 27.8 Å². The number of ether oxygens (including phenoxy) is 2. The molecule has 2 aromatic carbocycles. The van der Waals surface area contributed by atoms with Crippen LogP contribution in [-0.2, 0) is 4.74 Å². The molecular formula is C18H18N2O3. The van der Waals surface area contributed by atoms with Gasteiger partial charge in [0.25, 0.3) is 0 Å². The number of carbonyl (C=O) groups is 1. The highest BCUT2D eigenvalue weighted by Crippen LogP contribution is 2.31. The molecule has 0 radical (unpaired) electrons. The Kier molecular flexibility index (Phi) is 4.19. The Morgan fingerprint density at radius 1 is 1.13 bits per heavy atom. The molecule has 1 aromatic heterocycles. The van der Waals surface area contributed by atoms with Gasteiger partial charge in [0, 0.05) is 22.7 Å². The minimum atomic E-state index is -0.476. The molecule has 0 fully saturated rings. The molecule has 0 bridgehead atoms. The van der Waals surface area contributed by atoms with Crippen LogP contribution in [0.3, 0.4) is 0 Å². The summed E-state index contributed by atoms with van der Waals surface area (Å²) in [5.41, 5.74) is 2.91. The minimum Gasteiger partial charge on any atom is -0.497 e. The molecule has 3 rings (SSSR count). The molecule has 0 spiro atoms. The van der Waals surface area contributed by atoms with Gasteiger partial charge in [0.2, 0.25) is 0 Å². The molecule has 1 amide bonds. The predicted octanol–water partition coefficient (Wildman–Crippen LogP) is 3.62. The van der Waals surface area contributed by atoms with Gasteiger partial charge in [-0.3, -0.25) is 0 Å². The van der Waals surface area contributed by atoms with Crippen molar-refractivity contribution in [2.24, 2.45) is 0 Å². The van der Waals surface area contributed by atoms with Gasteiger partial charge in [-0.05, 0) is 23.8 Å². The van der Waals surface area contributed by atoms with E-state index >= 15 is 0 Å². The number of aromatic nitrogens is 1. The summed E-state index contributed by atoms with van der Waals surface area (Å²) >= 11 is 0. The van der Waals surface area contributed by atoms with Gasteiger partial charge in [0.1, 0.15) is 5.75 Å². The van der Waals surface area contributed by atoms with E-state index in [9.17, 15) is 4.79 Å². The second-order valence-corrected chi connectivity index (χ2v) is 5.14. The Morgan fingerprint density at radius 3 is 2.61 bits per heavy atom. The fourth-order valence-corrected chi connectivity index (χ4v) is 2.65. The molecule has 0 saturated carbocycles. The number of hydrogen-bond donors (Lipinski definition) is 2. The van der Waals surface area contributed by atoms with E-state index in [2.05, 4.69) is 10.3 Å². The first-order chi connectivity index (χ1) is 11.2. The molecule has 5 heteroatoms. The van der Waals surface area contributed by atoms with E-state index in [1.165, 1.54) is 7.11 Å². The maximum Gasteiger partial charge on any atom is 0.407 e. The van der Waals surface area contributed by atoms with Crippen LogP contribution in [0.2, 0.25) is 0 Å². The van der Waals surface area contributed by atoms with E-state index in [0.29, 0.717) is 0 Å². The lowest BCUT2D eigenvalue weighted by Crippen LogP contribution is -2.28. The maximum absolute atomic E-state index is 11.8. The third kappa shape index (κ3) is 2.99. The smallest absolute Gasteiger partial charge is 0.407 e. The number of nitrogens with one attached hydrogen (secondary N) is 2. The SMILES string of the molecule is COC(=O)NC(c1ccccc1)c1c[nH]c2ccc(OC)cc12. The lowest BCUT2D eigenvalue weighted by Gasteiger charge is -2.18. The van der Waals surface area contributed by atoms with Crippen molar-refractivity contribution < 1.29 is 14.3 Å². The van der Waals surface area contributed by atoms with Crippen LogP contribution >= 0.6 is 0 Å². The van der Waals surface area contributed by atoms with Crippen LogP contribution in [0.1, 0.15) is 17.2 Å². The van der Waals surface area contributed by atoms with Crippen LogP contribution in [0.4, 0.5) is 4.79 Å². The fourth-order valence-electron chi connectivity index (χ4n) is 2.65. The topological polar surface area (TPSA) is 63.3 Å². The molecule has 1 unspecified atom stereocenters. The van der Waals surface area contributed by atoms with Gasteiger partial charge in [-0.2, -0.15) is 0 Å². The number of alkyl carbamates (subject to hydrolysis) is 1. The zero-order valence-corrected chi connectivity index (χ0v) is 13.0. The predicted molar refractivity (Wildman–Crippen MR) is 88.7 cm³/mol. The van der Waals surface area contributed by atoms with Crippen molar-refractivity contribution in [3.63, 3.8) is 0 Å². The molecule has 1 atom stereocenters. The van der Waals surface area contributed by atoms with Gasteiger partial charge < -0.3 is 19.8 Å². The first-order valence-electron chi connectivity index (χ1n) is 7.27. The molecule has 0 aliphatic carbocycles. The van der Waals surface area contributed by atoms with Gasteiger partial charge >= 0.3 is 6.09 Å². The van der Waals surface area contributed by atoms with Crippen molar-refractivity contribution in [3.8, 4) is 5.75 Å². The molecule has 118 valence electrons. The number of carbonyl (C=O) groups excluding carboxylic acids is 1. The Balaban J connectivity index is 2.11. The van der Waals surface area contributed by atoms with E-state index in [1.54, 1.807) is 7.11 Å². The molecule has 1 heterocycles. The number of aromatic amines is 1. The quantitative estimate of drug-likeness (QED) is 0.773. The van der Waals surface area contributed by atoms with Gasteiger partial charge in [-0.25, -0.2) is 4.79 Å². The van der Waals surface area contributed by atoms with Crippen molar-refractivity contribution in [2.75, 3.05) is 14.2 Å². The number of rotatable bonds is 4. The van der Waals surface area contributed by atoms with Crippen LogP contribution < -0.4 is 10.1 Å². The highest BCUT2D eigenvalue weighted by atomic mass is 16.5. The maximum atomic E-state index is 11.8. The second-order valence-electron chi connectivity index (χ2n) is 5.14. The molecular weight excluding hydrogens is 292 g/mol. The molecule has 2 N–H and O–H groups in total. The normalized spacial score (nSPS) is 11.9. The number of fused-ring (bicyclic) bond motifs is 1. The van der Waals surface area contributed by atoms with E-state index in [4.69, 9.17) is 9.47 Å². The molecule has 0 saturated heterocycles. The van der Waals surface area contributed by atoms with E-state index in [1.807, 2.05) is 54.7 Å². The Bertz CT molecular complexity index is 812. The van der Waals surface area contributed by atoms with E-state index < -0.39 is 6.09 Å². The average Bonchev–Trinajstić information content (AvgIpc) is 3.02. The first-order valence-corrected chi connectivity index (χ1v) is 7.27. The van der Waals surface area contributed by atoms with Crippen LogP contribution in [-0.4, -0.2) is 25.3 Å².